The summed E-state index contributed by atoms with van der Waals surface area (Å²) in [6.45, 7) is -2.99. The summed E-state index contributed by atoms with van der Waals surface area (Å²) in [6.07, 6.45) is 0.669. The second-order valence-electron chi connectivity index (χ2n) is 6.09. The maximum absolute atomic E-state index is 12.1. The Morgan fingerprint density at radius 1 is 1.21 bits per heavy atom. The zero-order chi connectivity index (χ0) is 21.2. The van der Waals surface area contributed by atoms with Crippen LogP contribution in [0.25, 0.3) is 0 Å². The van der Waals surface area contributed by atoms with Crippen LogP contribution in [0, 0.1) is 0 Å². The molecule has 2 N–H and O–H groups in total. The molecule has 9 nitrogen and oxygen atoms in total. The zero-order valence-electron chi connectivity index (χ0n) is 15.5. The Balaban J connectivity index is 1.56. The fraction of sp³-hybridized carbons (Fsp3) is 0.444. The number of amides is 4. The first-order valence-electron chi connectivity index (χ1n) is 8.89. The van der Waals surface area contributed by atoms with E-state index in [-0.39, 0.29) is 44.1 Å². The Morgan fingerprint density at radius 3 is 2.55 bits per heavy atom. The fourth-order valence-corrected chi connectivity index (χ4v) is 2.52. The quantitative estimate of drug-likeness (QED) is 0.410. The van der Waals surface area contributed by atoms with Crippen LogP contribution in [0.5, 0.6) is 5.75 Å². The van der Waals surface area contributed by atoms with Crippen LogP contribution >= 0.6 is 0 Å². The molecular weight excluding hydrogens is 392 g/mol. The predicted molar refractivity (Wildman–Crippen MR) is 95.1 cm³/mol. The van der Waals surface area contributed by atoms with Gasteiger partial charge in [-0.1, -0.05) is 12.1 Å². The van der Waals surface area contributed by atoms with Gasteiger partial charge in [-0.2, -0.15) is 8.78 Å². The van der Waals surface area contributed by atoms with E-state index in [1.165, 1.54) is 12.1 Å². The molecule has 0 bridgehead atoms. The number of alkyl halides is 2. The summed E-state index contributed by atoms with van der Waals surface area (Å²) in [4.78, 5) is 47.0. The first-order valence-corrected chi connectivity index (χ1v) is 8.89. The number of benzene rings is 1. The van der Waals surface area contributed by atoms with Gasteiger partial charge in [0.1, 0.15) is 5.75 Å². The minimum atomic E-state index is -2.88. The number of halogens is 2. The van der Waals surface area contributed by atoms with Crippen molar-refractivity contribution in [1.82, 2.24) is 15.5 Å². The van der Waals surface area contributed by atoms with Crippen LogP contribution in [-0.4, -0.2) is 61.6 Å². The van der Waals surface area contributed by atoms with Crippen molar-refractivity contribution in [3.63, 3.8) is 0 Å². The van der Waals surface area contributed by atoms with E-state index >= 15 is 0 Å². The molecule has 1 aliphatic heterocycles. The normalized spacial score (nSPS) is 13.4. The maximum atomic E-state index is 12.1. The third-order valence-corrected chi connectivity index (χ3v) is 3.95. The van der Waals surface area contributed by atoms with Crippen molar-refractivity contribution in [3.05, 3.63) is 29.8 Å². The molecule has 0 atom stereocenters. The van der Waals surface area contributed by atoms with Crippen LogP contribution < -0.4 is 15.4 Å². The number of carbonyl (C=O) groups is 4. The van der Waals surface area contributed by atoms with Gasteiger partial charge in [0, 0.05) is 19.5 Å². The highest BCUT2D eigenvalue weighted by atomic mass is 19.3. The van der Waals surface area contributed by atoms with Crippen LogP contribution in [-0.2, 0) is 25.5 Å². The van der Waals surface area contributed by atoms with E-state index in [2.05, 4.69) is 15.4 Å². The summed E-state index contributed by atoms with van der Waals surface area (Å²) in [5.74, 6) is -1.39. The number of nitrogens with zero attached hydrogens (tertiary/aromatic N) is 1. The third-order valence-electron chi connectivity index (χ3n) is 3.95. The third kappa shape index (κ3) is 7.72. The first-order chi connectivity index (χ1) is 13.8. The lowest BCUT2D eigenvalue weighted by atomic mass is 10.1. The molecule has 0 aliphatic carbocycles. The molecule has 0 unspecified atom stereocenters. The van der Waals surface area contributed by atoms with Crippen LogP contribution in [0.2, 0.25) is 0 Å². The Hall–Kier alpha value is -3.24. The van der Waals surface area contributed by atoms with Gasteiger partial charge in [-0.25, -0.2) is 4.79 Å². The van der Waals surface area contributed by atoms with Gasteiger partial charge in [0.15, 0.2) is 6.61 Å². The van der Waals surface area contributed by atoms with Crippen molar-refractivity contribution in [2.24, 2.45) is 0 Å². The highest BCUT2D eigenvalue weighted by Gasteiger charge is 2.27. The van der Waals surface area contributed by atoms with E-state index in [0.717, 1.165) is 10.5 Å². The molecule has 0 spiro atoms. The number of ether oxygens (including phenoxy) is 2. The molecule has 1 aliphatic rings. The van der Waals surface area contributed by atoms with Crippen molar-refractivity contribution in [3.8, 4) is 5.75 Å². The molecule has 2 rings (SSSR count). The molecule has 0 radical (unpaired) electrons. The molecule has 11 heteroatoms. The minimum Gasteiger partial charge on any atom is -0.456 e. The summed E-state index contributed by atoms with van der Waals surface area (Å²) in [6, 6.07) is 5.54. The molecule has 1 heterocycles. The Labute approximate surface area is 165 Å². The summed E-state index contributed by atoms with van der Waals surface area (Å²) in [7, 11) is 0. The van der Waals surface area contributed by atoms with Gasteiger partial charge in [-0.3, -0.25) is 19.3 Å². The van der Waals surface area contributed by atoms with Gasteiger partial charge >= 0.3 is 18.6 Å². The fourth-order valence-electron chi connectivity index (χ4n) is 2.52. The van der Waals surface area contributed by atoms with Gasteiger partial charge in [0.2, 0.25) is 5.91 Å². The number of rotatable bonds is 11. The minimum absolute atomic E-state index is 0.0304. The van der Waals surface area contributed by atoms with Crippen LogP contribution in [0.3, 0.4) is 0 Å². The van der Waals surface area contributed by atoms with Crippen molar-refractivity contribution in [2.45, 2.75) is 25.9 Å². The number of nitrogens with one attached hydrogen (secondary N) is 2. The van der Waals surface area contributed by atoms with Crippen molar-refractivity contribution < 1.29 is 37.4 Å². The van der Waals surface area contributed by atoms with E-state index < -0.39 is 31.1 Å². The molecule has 1 aromatic carbocycles. The molecule has 29 heavy (non-hydrogen) atoms. The van der Waals surface area contributed by atoms with Crippen molar-refractivity contribution >= 4 is 23.8 Å². The lowest BCUT2D eigenvalue weighted by Gasteiger charge is -2.11. The monoisotopic (exact) mass is 413 g/mol. The number of esters is 1. The van der Waals surface area contributed by atoms with Gasteiger partial charge in [-0.05, 0) is 30.5 Å². The van der Waals surface area contributed by atoms with Gasteiger partial charge in [0.25, 0.3) is 5.91 Å². The van der Waals surface area contributed by atoms with Crippen molar-refractivity contribution in [2.75, 3.05) is 26.2 Å². The number of imide groups is 1. The van der Waals surface area contributed by atoms with E-state index in [0.29, 0.717) is 6.42 Å². The largest absolute Gasteiger partial charge is 0.456 e. The SMILES string of the molecule is O=C(COC(=O)CCCN1C(=O)CNC1=O)NCCc1ccc(OC(F)F)cc1. The highest BCUT2D eigenvalue weighted by Crippen LogP contribution is 2.15. The van der Waals surface area contributed by atoms with Crippen molar-refractivity contribution in [1.29, 1.82) is 0 Å². The molecule has 0 saturated carbocycles. The topological polar surface area (TPSA) is 114 Å². The zero-order valence-corrected chi connectivity index (χ0v) is 15.5. The first kappa shape index (κ1) is 22.1. The summed E-state index contributed by atoms with van der Waals surface area (Å²) in [5, 5.41) is 4.94. The average molecular weight is 413 g/mol. The standard InChI is InChI=1S/C18H21F2N3O6/c19-17(20)29-13-5-3-12(4-6-13)7-8-21-14(24)11-28-16(26)2-1-9-23-15(25)10-22-18(23)27/h3-6,17H,1-2,7-11H2,(H,21,24)(H,22,27). The molecule has 1 aromatic rings. The van der Waals surface area contributed by atoms with Gasteiger partial charge in [0.05, 0.1) is 6.54 Å². The Bertz CT molecular complexity index is 726. The molecule has 158 valence electrons. The van der Waals surface area contributed by atoms with Gasteiger partial charge in [-0.15, -0.1) is 0 Å². The van der Waals surface area contributed by atoms with Gasteiger partial charge < -0.3 is 20.1 Å². The lowest BCUT2D eigenvalue weighted by molar-refractivity contribution is -0.148. The second kappa shape index (κ2) is 10.9. The summed E-state index contributed by atoms with van der Waals surface area (Å²) < 4.78 is 33.2. The predicted octanol–water partition coefficient (Wildman–Crippen LogP) is 0.822. The number of hydrogen-bond donors (Lipinski definition) is 2. The maximum Gasteiger partial charge on any atom is 0.387 e. The van der Waals surface area contributed by atoms with Crippen LogP contribution in [0.4, 0.5) is 13.6 Å². The van der Waals surface area contributed by atoms with Crippen LogP contribution in [0.1, 0.15) is 18.4 Å². The number of hydrogen-bond acceptors (Lipinski definition) is 6. The van der Waals surface area contributed by atoms with E-state index in [1.807, 2.05) is 0 Å². The second-order valence-corrected chi connectivity index (χ2v) is 6.09. The van der Waals surface area contributed by atoms with Crippen LogP contribution in [0.15, 0.2) is 24.3 Å². The Morgan fingerprint density at radius 2 is 1.93 bits per heavy atom. The summed E-state index contributed by atoms with van der Waals surface area (Å²) in [5.41, 5.74) is 0.810. The molecule has 0 aromatic heterocycles. The van der Waals surface area contributed by atoms with E-state index in [1.54, 1.807) is 12.1 Å². The Kier molecular flexibility index (Phi) is 8.31. The van der Waals surface area contributed by atoms with E-state index in [9.17, 15) is 28.0 Å². The summed E-state index contributed by atoms with van der Waals surface area (Å²) >= 11 is 0. The van der Waals surface area contributed by atoms with E-state index in [4.69, 9.17) is 4.74 Å². The highest BCUT2D eigenvalue weighted by molar-refractivity contribution is 6.01. The lowest BCUT2D eigenvalue weighted by Crippen LogP contribution is -2.32. The number of carbonyl (C=O) groups excluding carboxylic acids is 4. The average Bonchev–Trinajstić information content (AvgIpc) is 2.99. The molecular formula is C18H21F2N3O6. The molecule has 1 saturated heterocycles. The molecule has 4 amide bonds. The number of urea groups is 1. The smallest absolute Gasteiger partial charge is 0.387 e. The molecule has 1 fully saturated rings.